The van der Waals surface area contributed by atoms with E-state index in [1.54, 1.807) is 0 Å². The van der Waals surface area contributed by atoms with Crippen LogP contribution in [0.25, 0.3) is 0 Å². The second-order valence-electron chi connectivity index (χ2n) is 3.62. The van der Waals surface area contributed by atoms with Crippen molar-refractivity contribution in [3.8, 4) is 0 Å². The van der Waals surface area contributed by atoms with Crippen molar-refractivity contribution in [3.05, 3.63) is 24.0 Å². The maximum atomic E-state index is 12.2. The van der Waals surface area contributed by atoms with Gasteiger partial charge in [0.1, 0.15) is 5.69 Å². The lowest BCUT2D eigenvalue weighted by atomic mass is 10.2. The van der Waals surface area contributed by atoms with Crippen LogP contribution < -0.4 is 11.1 Å². The summed E-state index contributed by atoms with van der Waals surface area (Å²) in [5.41, 5.74) is 4.17. The minimum atomic E-state index is -4.57. The molecule has 104 valence electrons. The first-order valence-electron chi connectivity index (χ1n) is 5.01. The molecule has 9 heteroatoms. The number of halogens is 3. The number of carbonyl (C=O) groups excluding carboxylic acids is 1. The number of aromatic nitrogens is 1. The van der Waals surface area contributed by atoms with E-state index in [1.807, 2.05) is 0 Å². The van der Waals surface area contributed by atoms with Gasteiger partial charge in [0, 0.05) is 0 Å². The molecule has 0 saturated heterocycles. The SMILES string of the molecule is NC(CC(=O)O)C(=O)Nc1ccc(C(F)(F)F)nc1. The van der Waals surface area contributed by atoms with Crippen molar-refractivity contribution in [2.24, 2.45) is 5.73 Å². The Bertz CT molecular complexity index is 473. The second kappa shape index (κ2) is 5.65. The Kier molecular flexibility index (Phi) is 4.43. The zero-order valence-corrected chi connectivity index (χ0v) is 9.44. The molecule has 0 aromatic carbocycles. The Hall–Kier alpha value is -2.16. The molecule has 0 aliphatic heterocycles. The number of nitrogens with zero attached hydrogens (tertiary/aromatic N) is 1. The van der Waals surface area contributed by atoms with Crippen LogP contribution in [0, 0.1) is 0 Å². The van der Waals surface area contributed by atoms with E-state index >= 15 is 0 Å². The van der Waals surface area contributed by atoms with Crippen LogP contribution in [0.3, 0.4) is 0 Å². The molecule has 1 heterocycles. The quantitative estimate of drug-likeness (QED) is 0.756. The van der Waals surface area contributed by atoms with E-state index in [2.05, 4.69) is 10.3 Å². The normalized spacial score (nSPS) is 12.8. The molecule has 1 atom stereocenters. The Morgan fingerprint density at radius 2 is 2.05 bits per heavy atom. The van der Waals surface area contributed by atoms with Crippen molar-refractivity contribution < 1.29 is 27.9 Å². The van der Waals surface area contributed by atoms with Gasteiger partial charge in [-0.3, -0.25) is 9.59 Å². The number of aliphatic carboxylic acids is 1. The number of carboxylic acid groups (broad SMARTS) is 1. The molecule has 1 rings (SSSR count). The highest BCUT2D eigenvalue weighted by atomic mass is 19.4. The van der Waals surface area contributed by atoms with Gasteiger partial charge in [0.15, 0.2) is 0 Å². The first-order valence-corrected chi connectivity index (χ1v) is 5.01. The predicted molar refractivity (Wildman–Crippen MR) is 58.1 cm³/mol. The van der Waals surface area contributed by atoms with Crippen molar-refractivity contribution in [1.29, 1.82) is 0 Å². The van der Waals surface area contributed by atoms with E-state index in [4.69, 9.17) is 10.8 Å². The van der Waals surface area contributed by atoms with Gasteiger partial charge in [-0.1, -0.05) is 0 Å². The largest absolute Gasteiger partial charge is 0.481 e. The van der Waals surface area contributed by atoms with Gasteiger partial charge in [-0.05, 0) is 12.1 Å². The Balaban J connectivity index is 2.68. The molecular formula is C10H10F3N3O3. The van der Waals surface area contributed by atoms with Crippen molar-refractivity contribution in [2.45, 2.75) is 18.6 Å². The molecule has 0 radical (unpaired) electrons. The zero-order valence-electron chi connectivity index (χ0n) is 9.44. The fraction of sp³-hybridized carbons (Fsp3) is 0.300. The average Bonchev–Trinajstić information content (AvgIpc) is 2.27. The first-order chi connectivity index (χ1) is 8.70. The number of nitrogens with two attached hydrogens (primary N) is 1. The van der Waals surface area contributed by atoms with Crippen LogP contribution in [-0.4, -0.2) is 28.0 Å². The number of amides is 1. The highest BCUT2D eigenvalue weighted by Crippen LogP contribution is 2.27. The van der Waals surface area contributed by atoms with Crippen LogP contribution in [0.2, 0.25) is 0 Å². The second-order valence-corrected chi connectivity index (χ2v) is 3.62. The van der Waals surface area contributed by atoms with Gasteiger partial charge in [0.05, 0.1) is 24.3 Å². The van der Waals surface area contributed by atoms with Crippen molar-refractivity contribution in [3.63, 3.8) is 0 Å². The number of pyridine rings is 1. The lowest BCUT2D eigenvalue weighted by molar-refractivity contribution is -0.141. The van der Waals surface area contributed by atoms with Crippen molar-refractivity contribution in [1.82, 2.24) is 4.98 Å². The van der Waals surface area contributed by atoms with Crippen LogP contribution >= 0.6 is 0 Å². The first kappa shape index (κ1) is 14.9. The Morgan fingerprint density at radius 1 is 1.42 bits per heavy atom. The van der Waals surface area contributed by atoms with E-state index in [-0.39, 0.29) is 5.69 Å². The lowest BCUT2D eigenvalue weighted by Gasteiger charge is -2.11. The topological polar surface area (TPSA) is 105 Å². The summed E-state index contributed by atoms with van der Waals surface area (Å²) in [5, 5.41) is 10.6. The summed E-state index contributed by atoms with van der Waals surface area (Å²) in [5.74, 6) is -2.07. The van der Waals surface area contributed by atoms with Crippen LogP contribution in [0.1, 0.15) is 12.1 Å². The molecule has 0 saturated carbocycles. The van der Waals surface area contributed by atoms with Crippen LogP contribution in [0.4, 0.5) is 18.9 Å². The van der Waals surface area contributed by atoms with E-state index < -0.39 is 36.2 Å². The monoisotopic (exact) mass is 277 g/mol. The van der Waals surface area contributed by atoms with Crippen LogP contribution in [-0.2, 0) is 15.8 Å². The zero-order chi connectivity index (χ0) is 14.6. The highest BCUT2D eigenvalue weighted by molar-refractivity contribution is 5.96. The number of hydrogen-bond acceptors (Lipinski definition) is 4. The predicted octanol–water partition coefficient (Wildman–Crippen LogP) is 0.841. The highest BCUT2D eigenvalue weighted by Gasteiger charge is 2.32. The van der Waals surface area contributed by atoms with Gasteiger partial charge in [-0.15, -0.1) is 0 Å². The summed E-state index contributed by atoms with van der Waals surface area (Å²) in [6.07, 6.45) is -4.34. The van der Waals surface area contributed by atoms with Gasteiger partial charge < -0.3 is 16.2 Å². The van der Waals surface area contributed by atoms with Crippen LogP contribution in [0.5, 0.6) is 0 Å². The number of carbonyl (C=O) groups is 2. The van der Waals surface area contributed by atoms with Gasteiger partial charge in [0.25, 0.3) is 0 Å². The van der Waals surface area contributed by atoms with Gasteiger partial charge in [-0.25, -0.2) is 4.98 Å². The summed E-state index contributed by atoms with van der Waals surface area (Å²) in [6, 6.07) is 0.402. The van der Waals surface area contributed by atoms with Gasteiger partial charge >= 0.3 is 12.1 Å². The number of carboxylic acids is 1. The summed E-state index contributed by atoms with van der Waals surface area (Å²) in [6.45, 7) is 0. The lowest BCUT2D eigenvalue weighted by Crippen LogP contribution is -2.37. The van der Waals surface area contributed by atoms with Gasteiger partial charge in [-0.2, -0.15) is 13.2 Å². The third-order valence-electron chi connectivity index (χ3n) is 2.05. The molecule has 0 bridgehead atoms. The van der Waals surface area contributed by atoms with Crippen molar-refractivity contribution in [2.75, 3.05) is 5.32 Å². The minimum Gasteiger partial charge on any atom is -0.481 e. The summed E-state index contributed by atoms with van der Waals surface area (Å²) in [4.78, 5) is 24.8. The number of nitrogens with one attached hydrogen (secondary N) is 1. The molecular weight excluding hydrogens is 267 g/mol. The number of alkyl halides is 3. The maximum Gasteiger partial charge on any atom is 0.433 e. The number of rotatable bonds is 4. The van der Waals surface area contributed by atoms with Crippen molar-refractivity contribution >= 4 is 17.6 Å². The Morgan fingerprint density at radius 3 is 2.47 bits per heavy atom. The smallest absolute Gasteiger partial charge is 0.433 e. The average molecular weight is 277 g/mol. The fourth-order valence-corrected chi connectivity index (χ4v) is 1.15. The summed E-state index contributed by atoms with van der Waals surface area (Å²) >= 11 is 0. The molecule has 1 aromatic rings. The van der Waals surface area contributed by atoms with E-state index in [0.29, 0.717) is 6.07 Å². The standard InChI is InChI=1S/C10H10F3N3O3/c11-10(12,13)7-2-1-5(4-15-7)16-9(19)6(14)3-8(17)18/h1-2,4,6H,3,14H2,(H,16,19)(H,17,18). The van der Waals surface area contributed by atoms with Crippen LogP contribution in [0.15, 0.2) is 18.3 Å². The van der Waals surface area contributed by atoms with E-state index in [9.17, 15) is 22.8 Å². The molecule has 6 nitrogen and oxygen atoms in total. The number of anilines is 1. The third kappa shape index (κ3) is 4.54. The molecule has 19 heavy (non-hydrogen) atoms. The molecule has 1 aromatic heterocycles. The van der Waals surface area contributed by atoms with Gasteiger partial charge in [0.2, 0.25) is 5.91 Å². The molecule has 0 spiro atoms. The Labute approximate surface area is 105 Å². The summed E-state index contributed by atoms with van der Waals surface area (Å²) in [7, 11) is 0. The molecule has 0 fully saturated rings. The minimum absolute atomic E-state index is 0.00108. The number of hydrogen-bond donors (Lipinski definition) is 3. The molecule has 4 N–H and O–H groups in total. The molecule has 1 unspecified atom stereocenters. The maximum absolute atomic E-state index is 12.2. The third-order valence-corrected chi connectivity index (χ3v) is 2.05. The van der Waals surface area contributed by atoms with E-state index in [0.717, 1.165) is 12.3 Å². The van der Waals surface area contributed by atoms with E-state index in [1.165, 1.54) is 0 Å². The molecule has 1 amide bonds. The molecule has 0 aliphatic carbocycles. The summed E-state index contributed by atoms with van der Waals surface area (Å²) < 4.78 is 36.7. The fourth-order valence-electron chi connectivity index (χ4n) is 1.15. The molecule has 0 aliphatic rings.